The van der Waals surface area contributed by atoms with Crippen molar-refractivity contribution in [3.63, 3.8) is 0 Å². The second-order valence-corrected chi connectivity index (χ2v) is 5.38. The van der Waals surface area contributed by atoms with Gasteiger partial charge in [-0.1, -0.05) is 0 Å². The second kappa shape index (κ2) is 8.06. The maximum Gasteiger partial charge on any atom is 0.251 e. The molecule has 2 aromatic heterocycles. The lowest BCUT2D eigenvalue weighted by molar-refractivity contribution is 0.0948. The standard InChI is InChI=1S/C19H19N3O4/c1-24-14-5-6-17(25-2)16(11-14)22-18-10-13(7-8-20-18)19(23)21-12-15-4-3-9-26-15/h3-11H,12H2,1-2H3,(H,20,22)(H,21,23). The predicted molar refractivity (Wildman–Crippen MR) is 96.9 cm³/mol. The minimum absolute atomic E-state index is 0.218. The van der Waals surface area contributed by atoms with Crippen LogP contribution in [-0.4, -0.2) is 25.1 Å². The molecular formula is C19H19N3O4. The largest absolute Gasteiger partial charge is 0.497 e. The van der Waals surface area contributed by atoms with Gasteiger partial charge < -0.3 is 24.5 Å². The average molecular weight is 353 g/mol. The molecule has 2 heterocycles. The smallest absolute Gasteiger partial charge is 0.251 e. The zero-order valence-electron chi connectivity index (χ0n) is 14.5. The van der Waals surface area contributed by atoms with Gasteiger partial charge in [0.15, 0.2) is 0 Å². The maximum absolute atomic E-state index is 12.3. The molecule has 0 bridgehead atoms. The summed E-state index contributed by atoms with van der Waals surface area (Å²) in [4.78, 5) is 16.6. The number of nitrogens with zero attached hydrogens (tertiary/aromatic N) is 1. The van der Waals surface area contributed by atoms with Crippen LogP contribution in [0.2, 0.25) is 0 Å². The van der Waals surface area contributed by atoms with Crippen molar-refractivity contribution in [2.45, 2.75) is 6.54 Å². The number of aromatic nitrogens is 1. The van der Waals surface area contributed by atoms with Crippen LogP contribution in [-0.2, 0) is 6.54 Å². The van der Waals surface area contributed by atoms with Gasteiger partial charge in [0.25, 0.3) is 5.91 Å². The Morgan fingerprint density at radius 3 is 2.77 bits per heavy atom. The Morgan fingerprint density at radius 2 is 2.04 bits per heavy atom. The number of methoxy groups -OCH3 is 2. The first kappa shape index (κ1) is 17.3. The van der Waals surface area contributed by atoms with E-state index in [4.69, 9.17) is 13.9 Å². The molecule has 7 heteroatoms. The van der Waals surface area contributed by atoms with Gasteiger partial charge in [0.1, 0.15) is 23.1 Å². The van der Waals surface area contributed by atoms with Crippen LogP contribution in [0.25, 0.3) is 0 Å². The molecule has 0 spiro atoms. The van der Waals surface area contributed by atoms with Crippen LogP contribution < -0.4 is 20.1 Å². The van der Waals surface area contributed by atoms with Crippen molar-refractivity contribution in [1.82, 2.24) is 10.3 Å². The van der Waals surface area contributed by atoms with Crippen LogP contribution in [0, 0.1) is 0 Å². The molecule has 0 aliphatic rings. The highest BCUT2D eigenvalue weighted by atomic mass is 16.5. The van der Waals surface area contributed by atoms with E-state index in [0.717, 1.165) is 0 Å². The molecule has 0 saturated carbocycles. The van der Waals surface area contributed by atoms with E-state index in [2.05, 4.69) is 15.6 Å². The van der Waals surface area contributed by atoms with Gasteiger partial charge in [-0.25, -0.2) is 4.98 Å². The molecule has 3 aromatic rings. The molecule has 0 unspecified atom stereocenters. The number of carbonyl (C=O) groups excluding carboxylic acids is 1. The molecule has 0 aliphatic carbocycles. The average Bonchev–Trinajstić information content (AvgIpc) is 3.20. The topological polar surface area (TPSA) is 85.6 Å². The van der Waals surface area contributed by atoms with E-state index >= 15 is 0 Å². The summed E-state index contributed by atoms with van der Waals surface area (Å²) in [6.07, 6.45) is 3.13. The van der Waals surface area contributed by atoms with Crippen molar-refractivity contribution in [2.24, 2.45) is 0 Å². The molecule has 2 N–H and O–H groups in total. The summed E-state index contributed by atoms with van der Waals surface area (Å²) in [5, 5.41) is 5.95. The first-order valence-electron chi connectivity index (χ1n) is 7.95. The van der Waals surface area contributed by atoms with E-state index < -0.39 is 0 Å². The Kier molecular flexibility index (Phi) is 5.38. The number of hydrogen-bond acceptors (Lipinski definition) is 6. The zero-order valence-corrected chi connectivity index (χ0v) is 14.5. The Bertz CT molecular complexity index is 878. The number of anilines is 2. The van der Waals surface area contributed by atoms with Gasteiger partial charge >= 0.3 is 0 Å². The molecule has 3 rings (SSSR count). The number of rotatable bonds is 7. The molecule has 1 aromatic carbocycles. The lowest BCUT2D eigenvalue weighted by Gasteiger charge is -2.12. The van der Waals surface area contributed by atoms with Crippen molar-refractivity contribution in [2.75, 3.05) is 19.5 Å². The summed E-state index contributed by atoms with van der Waals surface area (Å²) in [6, 6.07) is 12.3. The van der Waals surface area contributed by atoms with E-state index in [1.165, 1.54) is 0 Å². The molecule has 0 aliphatic heterocycles. The molecule has 0 fully saturated rings. The number of pyridine rings is 1. The van der Waals surface area contributed by atoms with E-state index in [0.29, 0.717) is 40.9 Å². The fourth-order valence-corrected chi connectivity index (χ4v) is 2.37. The second-order valence-electron chi connectivity index (χ2n) is 5.38. The molecule has 134 valence electrons. The SMILES string of the molecule is COc1ccc(OC)c(Nc2cc(C(=O)NCc3ccco3)ccn2)c1. The van der Waals surface area contributed by atoms with E-state index in [1.54, 1.807) is 69.1 Å². The normalized spacial score (nSPS) is 10.2. The van der Waals surface area contributed by atoms with Crippen molar-refractivity contribution in [3.05, 3.63) is 66.2 Å². The number of nitrogens with one attached hydrogen (secondary N) is 2. The van der Waals surface area contributed by atoms with E-state index in [9.17, 15) is 4.79 Å². The van der Waals surface area contributed by atoms with E-state index in [-0.39, 0.29) is 5.91 Å². The highest BCUT2D eigenvalue weighted by molar-refractivity contribution is 5.94. The van der Waals surface area contributed by atoms with Gasteiger partial charge in [0.05, 0.1) is 32.7 Å². The van der Waals surface area contributed by atoms with Crippen LogP contribution in [0.3, 0.4) is 0 Å². The number of hydrogen-bond donors (Lipinski definition) is 2. The van der Waals surface area contributed by atoms with Crippen LogP contribution in [0.5, 0.6) is 11.5 Å². The zero-order chi connectivity index (χ0) is 18.4. The van der Waals surface area contributed by atoms with Crippen LogP contribution in [0.15, 0.2) is 59.3 Å². The number of carbonyl (C=O) groups is 1. The summed E-state index contributed by atoms with van der Waals surface area (Å²) in [6.45, 7) is 0.320. The van der Waals surface area contributed by atoms with Crippen molar-refractivity contribution < 1.29 is 18.7 Å². The minimum Gasteiger partial charge on any atom is -0.497 e. The molecular weight excluding hydrogens is 334 g/mol. The molecule has 26 heavy (non-hydrogen) atoms. The fraction of sp³-hybridized carbons (Fsp3) is 0.158. The molecule has 0 atom stereocenters. The number of furan rings is 1. The van der Waals surface area contributed by atoms with Gasteiger partial charge in [-0.05, 0) is 36.4 Å². The van der Waals surface area contributed by atoms with Gasteiger partial charge in [0.2, 0.25) is 0 Å². The van der Waals surface area contributed by atoms with Gasteiger partial charge in [-0.3, -0.25) is 4.79 Å². The minimum atomic E-state index is -0.218. The number of benzene rings is 1. The monoisotopic (exact) mass is 353 g/mol. The summed E-state index contributed by atoms with van der Waals surface area (Å²) in [5.41, 5.74) is 1.17. The van der Waals surface area contributed by atoms with Crippen LogP contribution >= 0.6 is 0 Å². The maximum atomic E-state index is 12.3. The molecule has 0 saturated heterocycles. The van der Waals surface area contributed by atoms with Crippen LogP contribution in [0.1, 0.15) is 16.1 Å². The van der Waals surface area contributed by atoms with Gasteiger partial charge in [0, 0.05) is 17.8 Å². The summed E-state index contributed by atoms with van der Waals surface area (Å²) in [5.74, 6) is 2.31. The van der Waals surface area contributed by atoms with Crippen molar-refractivity contribution in [1.29, 1.82) is 0 Å². The lowest BCUT2D eigenvalue weighted by atomic mass is 10.2. The first-order valence-corrected chi connectivity index (χ1v) is 7.95. The summed E-state index contributed by atoms with van der Waals surface area (Å²) >= 11 is 0. The Labute approximate surface area is 151 Å². The van der Waals surface area contributed by atoms with Crippen LogP contribution in [0.4, 0.5) is 11.5 Å². The molecule has 0 radical (unpaired) electrons. The summed E-state index contributed by atoms with van der Waals surface area (Å²) in [7, 11) is 3.17. The Hall–Kier alpha value is -3.48. The third kappa shape index (κ3) is 4.13. The Morgan fingerprint density at radius 1 is 1.15 bits per heavy atom. The fourth-order valence-electron chi connectivity index (χ4n) is 2.37. The predicted octanol–water partition coefficient (Wildman–Crippen LogP) is 3.37. The summed E-state index contributed by atoms with van der Waals surface area (Å²) < 4.78 is 15.8. The Balaban J connectivity index is 1.74. The van der Waals surface area contributed by atoms with Crippen molar-refractivity contribution >= 4 is 17.4 Å². The van der Waals surface area contributed by atoms with Gasteiger partial charge in [-0.15, -0.1) is 0 Å². The van der Waals surface area contributed by atoms with E-state index in [1.807, 2.05) is 0 Å². The first-order chi connectivity index (χ1) is 12.7. The highest BCUT2D eigenvalue weighted by Gasteiger charge is 2.10. The number of amides is 1. The van der Waals surface area contributed by atoms with Crippen molar-refractivity contribution in [3.8, 4) is 11.5 Å². The third-order valence-electron chi connectivity index (χ3n) is 3.69. The molecule has 7 nitrogen and oxygen atoms in total. The molecule has 1 amide bonds. The van der Waals surface area contributed by atoms with Gasteiger partial charge in [-0.2, -0.15) is 0 Å². The quantitative estimate of drug-likeness (QED) is 0.677. The number of ether oxygens (including phenoxy) is 2. The highest BCUT2D eigenvalue weighted by Crippen LogP contribution is 2.31. The lowest BCUT2D eigenvalue weighted by Crippen LogP contribution is -2.22. The third-order valence-corrected chi connectivity index (χ3v) is 3.69.